The molecule has 2 unspecified atom stereocenters. The van der Waals surface area contributed by atoms with E-state index in [1.165, 1.54) is 0 Å². The smallest absolute Gasteiger partial charge is 0.248 e. The summed E-state index contributed by atoms with van der Waals surface area (Å²) in [6.45, 7) is 22.1. The third kappa shape index (κ3) is 1.47. The normalized spacial score (nSPS) is 44.7. The minimum absolute atomic E-state index is 1.58. The molecule has 0 nitrogen and oxygen atoms in total. The Morgan fingerprint density at radius 3 is 0.722 bits per heavy atom. The van der Waals surface area contributed by atoms with Crippen molar-refractivity contribution < 1.29 is 8.22 Å². The molecular weight excluding hydrogens is 327 g/mol. The maximum Gasteiger partial charge on any atom is 0.248 e. The molecular formula is C10H30F2Si6. The SMILES string of the molecule is C[Si]1(C)[Si](C)(C)[Si](C)(C)[Si](C)(F)[Si](C)(F)[Si]1(C)C. The first-order valence-electron chi connectivity index (χ1n) is 6.88. The number of rotatable bonds is 0. The van der Waals surface area contributed by atoms with E-state index >= 15 is 8.22 Å². The average Bonchev–Trinajstić information content (AvgIpc) is 2.14. The molecule has 0 aromatic carbocycles. The van der Waals surface area contributed by atoms with Crippen LogP contribution in [0.4, 0.5) is 8.22 Å². The van der Waals surface area contributed by atoms with E-state index in [0.717, 1.165) is 0 Å². The van der Waals surface area contributed by atoms with Gasteiger partial charge in [0.1, 0.15) is 0 Å². The summed E-state index contributed by atoms with van der Waals surface area (Å²) in [4.78, 5) is 0. The molecule has 1 aliphatic rings. The molecule has 1 rings (SSSR count). The fourth-order valence-electron chi connectivity index (χ4n) is 3.91. The monoisotopic (exact) mass is 356 g/mol. The van der Waals surface area contributed by atoms with E-state index in [2.05, 4.69) is 52.4 Å². The molecule has 0 amide bonds. The van der Waals surface area contributed by atoms with Crippen LogP contribution in [-0.2, 0) is 0 Å². The highest BCUT2D eigenvalue weighted by molar-refractivity contribution is 8.12. The Morgan fingerprint density at radius 1 is 0.389 bits per heavy atom. The molecule has 2 atom stereocenters. The van der Waals surface area contributed by atoms with Gasteiger partial charge in [0.05, 0.1) is 14.2 Å². The van der Waals surface area contributed by atoms with Crippen LogP contribution in [0.15, 0.2) is 0 Å². The van der Waals surface area contributed by atoms with Crippen LogP contribution in [0.3, 0.4) is 0 Å². The van der Waals surface area contributed by atoms with Crippen LogP contribution in [-0.4, -0.2) is 43.3 Å². The Morgan fingerprint density at radius 2 is 0.556 bits per heavy atom. The maximum absolute atomic E-state index is 15.7. The molecule has 0 radical (unpaired) electrons. The van der Waals surface area contributed by atoms with Crippen molar-refractivity contribution in [1.29, 1.82) is 0 Å². The molecule has 18 heavy (non-hydrogen) atoms. The topological polar surface area (TPSA) is 0 Å². The van der Waals surface area contributed by atoms with Crippen molar-refractivity contribution in [3.63, 3.8) is 0 Å². The van der Waals surface area contributed by atoms with E-state index in [4.69, 9.17) is 0 Å². The Labute approximate surface area is 117 Å². The summed E-state index contributed by atoms with van der Waals surface area (Å²) in [5.74, 6) is 0. The van der Waals surface area contributed by atoms with Crippen LogP contribution in [0, 0.1) is 0 Å². The van der Waals surface area contributed by atoms with Gasteiger partial charge in [-0.3, -0.25) is 0 Å². The highest BCUT2D eigenvalue weighted by Crippen LogP contribution is 2.52. The largest absolute Gasteiger partial charge is 0.319 e. The van der Waals surface area contributed by atoms with E-state index in [-0.39, 0.29) is 0 Å². The van der Waals surface area contributed by atoms with Crippen LogP contribution >= 0.6 is 0 Å². The molecule has 1 saturated heterocycles. The first kappa shape index (κ1) is 17.2. The molecule has 0 aliphatic carbocycles. The first-order valence-corrected chi connectivity index (χ1v) is 29.6. The summed E-state index contributed by atoms with van der Waals surface area (Å²) in [7, 11) is -13.5. The lowest BCUT2D eigenvalue weighted by molar-refractivity contribution is 0.791. The van der Waals surface area contributed by atoms with Gasteiger partial charge in [-0.2, -0.15) is 0 Å². The highest BCUT2D eigenvalue weighted by atomic mass is 30.2. The Balaban J connectivity index is 3.72. The lowest BCUT2D eigenvalue weighted by Gasteiger charge is -2.67. The summed E-state index contributed by atoms with van der Waals surface area (Å²) in [6.07, 6.45) is 0. The Bertz CT molecular complexity index is 256. The molecule has 1 fully saturated rings. The summed E-state index contributed by atoms with van der Waals surface area (Å²) < 4.78 is 31.5. The summed E-state index contributed by atoms with van der Waals surface area (Å²) in [5.41, 5.74) is 0. The van der Waals surface area contributed by atoms with Gasteiger partial charge in [-0.25, -0.2) is 0 Å². The fraction of sp³-hybridized carbons (Fsp3) is 1.00. The second kappa shape index (κ2) is 3.87. The molecule has 1 heterocycles. The van der Waals surface area contributed by atoms with Crippen molar-refractivity contribution in [3.8, 4) is 0 Å². The Hall–Kier alpha value is 1.16. The lowest BCUT2D eigenvalue weighted by Crippen LogP contribution is -3.00. The molecule has 0 bridgehead atoms. The van der Waals surface area contributed by atoms with Gasteiger partial charge in [0, 0.05) is 14.2 Å². The van der Waals surface area contributed by atoms with Gasteiger partial charge < -0.3 is 8.22 Å². The van der Waals surface area contributed by atoms with Crippen LogP contribution in [0.2, 0.25) is 65.5 Å². The van der Waals surface area contributed by atoms with Crippen molar-refractivity contribution in [2.45, 2.75) is 65.5 Å². The van der Waals surface area contributed by atoms with Gasteiger partial charge >= 0.3 is 0 Å². The fourth-order valence-corrected chi connectivity index (χ4v) is 219. The van der Waals surface area contributed by atoms with Gasteiger partial charge in [-0.15, -0.1) is 0 Å². The van der Waals surface area contributed by atoms with Crippen molar-refractivity contribution in [2.75, 3.05) is 0 Å². The molecule has 0 spiro atoms. The predicted octanol–water partition coefficient (Wildman–Crippen LogP) is 4.39. The van der Waals surface area contributed by atoms with E-state index < -0.39 is 43.3 Å². The highest BCUT2D eigenvalue weighted by Gasteiger charge is 2.82. The zero-order chi connectivity index (χ0) is 15.0. The average molecular weight is 357 g/mol. The standard InChI is InChI=1S/C10H30F2Si6/c1-13(2)14(3,4)16(7,8)18(10,12)17(9,11)15(13,5)6/h1-10H3. The first-order chi connectivity index (χ1) is 7.50. The predicted molar refractivity (Wildman–Crippen MR) is 95.4 cm³/mol. The maximum atomic E-state index is 15.7. The van der Waals surface area contributed by atoms with E-state index in [1.807, 2.05) is 0 Å². The molecule has 0 saturated carbocycles. The minimum atomic E-state index is -3.14. The quantitative estimate of drug-likeness (QED) is 0.446. The Kier molecular flexibility index (Phi) is 3.70. The molecule has 108 valence electrons. The van der Waals surface area contributed by atoms with Gasteiger partial charge in [0.15, 0.2) is 0 Å². The second-order valence-electron chi connectivity index (χ2n) is 8.51. The van der Waals surface area contributed by atoms with Crippen molar-refractivity contribution >= 4 is 43.3 Å². The molecule has 8 heteroatoms. The van der Waals surface area contributed by atoms with Crippen LogP contribution < -0.4 is 0 Å². The summed E-state index contributed by atoms with van der Waals surface area (Å²) in [5, 5.41) is 0. The molecule has 0 aromatic rings. The lowest BCUT2D eigenvalue weighted by atomic mass is 11.9. The van der Waals surface area contributed by atoms with Crippen LogP contribution in [0.5, 0.6) is 0 Å². The van der Waals surface area contributed by atoms with Crippen LogP contribution in [0.25, 0.3) is 0 Å². The molecule has 0 aromatic heterocycles. The van der Waals surface area contributed by atoms with Gasteiger partial charge in [0.2, 0.25) is 14.9 Å². The second-order valence-corrected chi connectivity index (χ2v) is 75.8. The van der Waals surface area contributed by atoms with Crippen molar-refractivity contribution in [3.05, 3.63) is 0 Å². The van der Waals surface area contributed by atoms with Crippen LogP contribution in [0.1, 0.15) is 0 Å². The van der Waals surface area contributed by atoms with Crippen molar-refractivity contribution in [1.82, 2.24) is 0 Å². The molecule has 0 N–H and O–H groups in total. The third-order valence-electron chi connectivity index (χ3n) is 7.92. The molecule has 1 aliphatic heterocycles. The van der Waals surface area contributed by atoms with Gasteiger partial charge in [0.25, 0.3) is 0 Å². The summed E-state index contributed by atoms with van der Waals surface area (Å²) in [6, 6.07) is 0. The van der Waals surface area contributed by atoms with E-state index in [0.29, 0.717) is 0 Å². The van der Waals surface area contributed by atoms with E-state index in [9.17, 15) is 0 Å². The number of hydrogen-bond donors (Lipinski definition) is 0. The number of hydrogen-bond acceptors (Lipinski definition) is 0. The van der Waals surface area contributed by atoms with Gasteiger partial charge in [-0.1, -0.05) is 52.4 Å². The van der Waals surface area contributed by atoms with E-state index in [1.54, 1.807) is 13.1 Å². The van der Waals surface area contributed by atoms with Gasteiger partial charge in [-0.05, 0) is 13.1 Å². The third-order valence-corrected chi connectivity index (χ3v) is 147. The summed E-state index contributed by atoms with van der Waals surface area (Å²) >= 11 is 0. The zero-order valence-electron chi connectivity index (χ0n) is 13.8. The number of halogens is 2. The minimum Gasteiger partial charge on any atom is -0.319 e. The van der Waals surface area contributed by atoms with Crippen molar-refractivity contribution in [2.24, 2.45) is 0 Å². The zero-order valence-corrected chi connectivity index (χ0v) is 19.8.